The summed E-state index contributed by atoms with van der Waals surface area (Å²) in [5.74, 6) is -2.64. The predicted molar refractivity (Wildman–Crippen MR) is 59.7 cm³/mol. The Morgan fingerprint density at radius 1 is 1.50 bits per heavy atom. The molecule has 7 heteroatoms. The monoisotopic (exact) mass is 259 g/mol. The van der Waals surface area contributed by atoms with Gasteiger partial charge in [0.2, 0.25) is 5.91 Å². The molecule has 0 spiro atoms. The van der Waals surface area contributed by atoms with Crippen LogP contribution in [0.4, 0.5) is 0 Å². The minimum atomic E-state index is -1.25. The number of carboxylic acid groups (broad SMARTS) is 1. The van der Waals surface area contributed by atoms with E-state index in [1.54, 1.807) is 6.92 Å². The lowest BCUT2D eigenvalue weighted by molar-refractivity contribution is -0.150. The largest absolute Gasteiger partial charge is 0.480 e. The predicted octanol–water partition coefficient (Wildman–Crippen LogP) is -0.454. The Labute approximate surface area is 104 Å². The molecule has 1 heterocycles. The first kappa shape index (κ1) is 14.4. The van der Waals surface area contributed by atoms with Crippen LogP contribution in [-0.4, -0.2) is 48.8 Å². The van der Waals surface area contributed by atoms with Crippen LogP contribution < -0.4 is 5.32 Å². The van der Waals surface area contributed by atoms with Crippen molar-refractivity contribution in [2.45, 2.75) is 25.8 Å². The van der Waals surface area contributed by atoms with Crippen LogP contribution in [0.5, 0.6) is 0 Å². The van der Waals surface area contributed by atoms with Crippen molar-refractivity contribution in [2.24, 2.45) is 5.92 Å². The number of ether oxygens (including phenoxy) is 2. The van der Waals surface area contributed by atoms with E-state index in [9.17, 15) is 14.4 Å². The van der Waals surface area contributed by atoms with E-state index in [-0.39, 0.29) is 25.6 Å². The summed E-state index contributed by atoms with van der Waals surface area (Å²) in [4.78, 5) is 33.8. The molecule has 0 saturated carbocycles. The molecule has 1 aliphatic rings. The Morgan fingerprint density at radius 3 is 2.72 bits per heavy atom. The Kier molecular flexibility index (Phi) is 5.57. The topological polar surface area (TPSA) is 102 Å². The maximum absolute atomic E-state index is 11.7. The number of nitrogens with one attached hydrogen (secondary N) is 1. The van der Waals surface area contributed by atoms with Crippen LogP contribution in [0.1, 0.15) is 19.8 Å². The fraction of sp³-hybridized carbons (Fsp3) is 0.727. The van der Waals surface area contributed by atoms with Gasteiger partial charge in [0.05, 0.1) is 25.6 Å². The van der Waals surface area contributed by atoms with Gasteiger partial charge in [-0.1, -0.05) is 0 Å². The molecule has 1 rings (SSSR count). The minimum Gasteiger partial charge on any atom is -0.480 e. The normalized spacial score (nSPS) is 20.2. The Balaban J connectivity index is 2.49. The molecule has 0 aliphatic carbocycles. The SMILES string of the molecule is CCOC(=O)C[C@@H](NC(=O)[C@H]1CCOC1)C(=O)O. The van der Waals surface area contributed by atoms with Gasteiger partial charge in [-0.2, -0.15) is 0 Å². The summed E-state index contributed by atoms with van der Waals surface area (Å²) in [5, 5.41) is 11.3. The van der Waals surface area contributed by atoms with Gasteiger partial charge < -0.3 is 19.9 Å². The number of esters is 1. The number of amides is 1. The van der Waals surface area contributed by atoms with Gasteiger partial charge >= 0.3 is 11.9 Å². The van der Waals surface area contributed by atoms with Gasteiger partial charge in [-0.3, -0.25) is 9.59 Å². The molecule has 0 aromatic carbocycles. The number of carboxylic acids is 1. The fourth-order valence-corrected chi connectivity index (χ4v) is 1.62. The van der Waals surface area contributed by atoms with Gasteiger partial charge in [0.1, 0.15) is 6.04 Å². The van der Waals surface area contributed by atoms with E-state index >= 15 is 0 Å². The molecule has 1 saturated heterocycles. The van der Waals surface area contributed by atoms with Gasteiger partial charge in [-0.25, -0.2) is 4.79 Å². The molecular weight excluding hydrogens is 242 g/mol. The lowest BCUT2D eigenvalue weighted by Crippen LogP contribution is -2.45. The summed E-state index contributed by atoms with van der Waals surface area (Å²) in [6, 6.07) is -1.25. The van der Waals surface area contributed by atoms with Crippen molar-refractivity contribution in [1.29, 1.82) is 0 Å². The standard InChI is InChI=1S/C11H17NO6/c1-2-18-9(13)5-8(11(15)16)12-10(14)7-3-4-17-6-7/h7-8H,2-6H2,1H3,(H,12,14)(H,15,16)/t7-,8+/m0/s1. The van der Waals surface area contributed by atoms with Gasteiger partial charge in [-0.05, 0) is 13.3 Å². The van der Waals surface area contributed by atoms with Crippen molar-refractivity contribution in [3.05, 3.63) is 0 Å². The Bertz CT molecular complexity index is 323. The van der Waals surface area contributed by atoms with Crippen LogP contribution in [0.15, 0.2) is 0 Å². The summed E-state index contributed by atoms with van der Waals surface area (Å²) in [6.07, 6.45) is 0.195. The summed E-state index contributed by atoms with van der Waals surface area (Å²) < 4.78 is 9.69. The van der Waals surface area contributed by atoms with Gasteiger partial charge in [-0.15, -0.1) is 0 Å². The van der Waals surface area contributed by atoms with Crippen molar-refractivity contribution >= 4 is 17.8 Å². The average molecular weight is 259 g/mol. The third kappa shape index (κ3) is 4.33. The second-order valence-corrected chi connectivity index (χ2v) is 3.97. The Morgan fingerprint density at radius 2 is 2.22 bits per heavy atom. The molecule has 0 bridgehead atoms. The van der Waals surface area contributed by atoms with E-state index in [0.29, 0.717) is 13.0 Å². The van der Waals surface area contributed by atoms with Crippen LogP contribution in [0.25, 0.3) is 0 Å². The van der Waals surface area contributed by atoms with Crippen LogP contribution in [0, 0.1) is 5.92 Å². The third-order valence-corrected chi connectivity index (χ3v) is 2.59. The van der Waals surface area contributed by atoms with Crippen molar-refractivity contribution in [1.82, 2.24) is 5.32 Å². The molecule has 7 nitrogen and oxygen atoms in total. The number of carbonyl (C=O) groups is 3. The smallest absolute Gasteiger partial charge is 0.326 e. The third-order valence-electron chi connectivity index (χ3n) is 2.59. The first-order valence-corrected chi connectivity index (χ1v) is 5.81. The second-order valence-electron chi connectivity index (χ2n) is 3.97. The molecule has 2 atom stereocenters. The van der Waals surface area contributed by atoms with E-state index in [1.165, 1.54) is 0 Å². The van der Waals surface area contributed by atoms with Crippen LogP contribution in [0.3, 0.4) is 0 Å². The lowest BCUT2D eigenvalue weighted by atomic mass is 10.1. The maximum Gasteiger partial charge on any atom is 0.326 e. The summed E-state index contributed by atoms with van der Waals surface area (Å²) in [5.41, 5.74) is 0. The molecule has 0 unspecified atom stereocenters. The molecule has 0 aromatic heterocycles. The highest BCUT2D eigenvalue weighted by Crippen LogP contribution is 2.12. The zero-order valence-corrected chi connectivity index (χ0v) is 10.2. The van der Waals surface area contributed by atoms with Crippen molar-refractivity contribution < 1.29 is 29.0 Å². The maximum atomic E-state index is 11.7. The Hall–Kier alpha value is -1.63. The highest BCUT2D eigenvalue weighted by Gasteiger charge is 2.29. The van der Waals surface area contributed by atoms with Crippen LogP contribution >= 0.6 is 0 Å². The van der Waals surface area contributed by atoms with E-state index in [0.717, 1.165) is 0 Å². The van der Waals surface area contributed by atoms with E-state index in [1.807, 2.05) is 0 Å². The molecule has 102 valence electrons. The number of carbonyl (C=O) groups excluding carboxylic acids is 2. The summed E-state index contributed by atoms with van der Waals surface area (Å²) >= 11 is 0. The number of aliphatic carboxylic acids is 1. The van der Waals surface area contributed by atoms with Crippen molar-refractivity contribution in [2.75, 3.05) is 19.8 Å². The highest BCUT2D eigenvalue weighted by molar-refractivity contribution is 5.88. The second kappa shape index (κ2) is 6.95. The van der Waals surface area contributed by atoms with Crippen molar-refractivity contribution in [3.63, 3.8) is 0 Å². The first-order chi connectivity index (χ1) is 8.54. The van der Waals surface area contributed by atoms with Crippen molar-refractivity contribution in [3.8, 4) is 0 Å². The number of hydrogen-bond acceptors (Lipinski definition) is 5. The number of rotatable bonds is 6. The molecule has 1 aliphatic heterocycles. The van der Waals surface area contributed by atoms with Gasteiger partial charge in [0, 0.05) is 6.61 Å². The zero-order valence-electron chi connectivity index (χ0n) is 10.2. The molecule has 1 fully saturated rings. The fourth-order valence-electron chi connectivity index (χ4n) is 1.62. The molecule has 2 N–H and O–H groups in total. The van der Waals surface area contributed by atoms with Crippen LogP contribution in [-0.2, 0) is 23.9 Å². The van der Waals surface area contributed by atoms with E-state index in [2.05, 4.69) is 10.1 Å². The summed E-state index contributed by atoms with van der Waals surface area (Å²) in [7, 11) is 0. The molecule has 0 radical (unpaired) electrons. The summed E-state index contributed by atoms with van der Waals surface area (Å²) in [6.45, 7) is 2.59. The lowest BCUT2D eigenvalue weighted by Gasteiger charge is -2.15. The van der Waals surface area contributed by atoms with E-state index in [4.69, 9.17) is 9.84 Å². The average Bonchev–Trinajstić information content (AvgIpc) is 2.81. The zero-order chi connectivity index (χ0) is 13.5. The quantitative estimate of drug-likeness (QED) is 0.626. The van der Waals surface area contributed by atoms with Gasteiger partial charge in [0.25, 0.3) is 0 Å². The molecule has 1 amide bonds. The molecule has 18 heavy (non-hydrogen) atoms. The van der Waals surface area contributed by atoms with Gasteiger partial charge in [0.15, 0.2) is 0 Å². The first-order valence-electron chi connectivity index (χ1n) is 5.81. The minimum absolute atomic E-state index is 0.176. The van der Waals surface area contributed by atoms with E-state index < -0.39 is 23.9 Å². The van der Waals surface area contributed by atoms with Crippen LogP contribution in [0.2, 0.25) is 0 Å². The number of hydrogen-bond donors (Lipinski definition) is 2. The molecule has 0 aromatic rings. The molecular formula is C11H17NO6. The highest BCUT2D eigenvalue weighted by atomic mass is 16.5.